The SMILES string of the molecule is CNc1nc(C(N)=O)c(NC(=O)c2ccc(F)cc2)s1. The second kappa shape index (κ2) is 5.66. The van der Waals surface area contributed by atoms with Crippen molar-refractivity contribution < 1.29 is 14.0 Å². The largest absolute Gasteiger partial charge is 0.365 e. The number of nitrogens with two attached hydrogens (primary N) is 1. The number of nitrogens with one attached hydrogen (secondary N) is 2. The summed E-state index contributed by atoms with van der Waals surface area (Å²) in [5, 5.41) is 6.00. The molecule has 1 aromatic heterocycles. The van der Waals surface area contributed by atoms with Gasteiger partial charge < -0.3 is 16.4 Å². The summed E-state index contributed by atoms with van der Waals surface area (Å²) in [5.41, 5.74) is 5.44. The quantitative estimate of drug-likeness (QED) is 0.799. The summed E-state index contributed by atoms with van der Waals surface area (Å²) in [6, 6.07) is 5.04. The van der Waals surface area contributed by atoms with Gasteiger partial charge in [0, 0.05) is 12.6 Å². The van der Waals surface area contributed by atoms with Crippen LogP contribution in [0.5, 0.6) is 0 Å². The van der Waals surface area contributed by atoms with Crippen LogP contribution in [0.25, 0.3) is 0 Å². The van der Waals surface area contributed by atoms with Crippen molar-refractivity contribution in [2.24, 2.45) is 5.73 Å². The van der Waals surface area contributed by atoms with Crippen LogP contribution in [0.15, 0.2) is 24.3 Å². The molecular weight excluding hydrogens is 283 g/mol. The Morgan fingerprint density at radius 3 is 2.50 bits per heavy atom. The average molecular weight is 294 g/mol. The second-order valence-corrected chi connectivity index (χ2v) is 4.77. The first-order valence-corrected chi connectivity index (χ1v) is 6.38. The van der Waals surface area contributed by atoms with Crippen LogP contribution < -0.4 is 16.4 Å². The fourth-order valence-corrected chi connectivity index (χ4v) is 2.27. The number of amides is 2. The lowest BCUT2D eigenvalue weighted by Crippen LogP contribution is -2.17. The molecule has 2 amide bonds. The standard InChI is InChI=1S/C12H11FN4O2S/c1-15-12-16-8(9(14)18)11(20-12)17-10(19)6-2-4-7(13)5-3-6/h2-5H,1H3,(H2,14,18)(H,15,16)(H,17,19). The van der Waals surface area contributed by atoms with Crippen LogP contribution in [0.1, 0.15) is 20.8 Å². The number of thiazole rings is 1. The fourth-order valence-electron chi connectivity index (χ4n) is 1.46. The number of benzene rings is 1. The first kappa shape index (κ1) is 13.9. The van der Waals surface area contributed by atoms with Crippen molar-refractivity contribution in [1.29, 1.82) is 0 Å². The third kappa shape index (κ3) is 2.91. The van der Waals surface area contributed by atoms with E-state index in [2.05, 4.69) is 15.6 Å². The van der Waals surface area contributed by atoms with E-state index in [1.54, 1.807) is 7.05 Å². The van der Waals surface area contributed by atoms with Gasteiger partial charge in [0.05, 0.1) is 0 Å². The van der Waals surface area contributed by atoms with Crippen LogP contribution >= 0.6 is 11.3 Å². The number of primary amides is 1. The lowest BCUT2D eigenvalue weighted by molar-refractivity contribution is 0.0997. The van der Waals surface area contributed by atoms with Crippen molar-refractivity contribution in [2.75, 3.05) is 17.7 Å². The highest BCUT2D eigenvalue weighted by atomic mass is 32.1. The zero-order chi connectivity index (χ0) is 14.7. The summed E-state index contributed by atoms with van der Waals surface area (Å²) in [6.45, 7) is 0. The van der Waals surface area contributed by atoms with E-state index in [4.69, 9.17) is 5.73 Å². The maximum atomic E-state index is 12.8. The van der Waals surface area contributed by atoms with Crippen LogP contribution in [0.2, 0.25) is 0 Å². The van der Waals surface area contributed by atoms with E-state index in [1.807, 2.05) is 0 Å². The van der Waals surface area contributed by atoms with Gasteiger partial charge in [-0.25, -0.2) is 9.37 Å². The number of rotatable bonds is 4. The molecule has 0 saturated carbocycles. The third-order valence-corrected chi connectivity index (χ3v) is 3.40. The topological polar surface area (TPSA) is 97.1 Å². The van der Waals surface area contributed by atoms with Crippen molar-refractivity contribution in [1.82, 2.24) is 4.98 Å². The van der Waals surface area contributed by atoms with Gasteiger partial charge in [-0.15, -0.1) is 0 Å². The van der Waals surface area contributed by atoms with Crippen molar-refractivity contribution >= 4 is 33.3 Å². The highest BCUT2D eigenvalue weighted by Gasteiger charge is 2.18. The number of carbonyl (C=O) groups is 2. The molecule has 0 aliphatic rings. The number of carbonyl (C=O) groups excluding carboxylic acids is 2. The summed E-state index contributed by atoms with van der Waals surface area (Å²) in [4.78, 5) is 27.2. The number of nitrogens with zero attached hydrogens (tertiary/aromatic N) is 1. The molecule has 20 heavy (non-hydrogen) atoms. The first-order chi connectivity index (χ1) is 9.51. The Labute approximate surface area is 117 Å². The normalized spacial score (nSPS) is 10.1. The smallest absolute Gasteiger partial charge is 0.270 e. The molecule has 0 spiro atoms. The molecule has 2 aromatic rings. The van der Waals surface area contributed by atoms with Crippen LogP contribution in [0.4, 0.5) is 14.5 Å². The Bertz CT molecular complexity index is 654. The van der Waals surface area contributed by atoms with Crippen LogP contribution in [0.3, 0.4) is 0 Å². The molecule has 4 N–H and O–H groups in total. The van der Waals surface area contributed by atoms with Gasteiger partial charge in [-0.1, -0.05) is 11.3 Å². The Hall–Kier alpha value is -2.48. The molecule has 0 atom stereocenters. The number of aromatic nitrogens is 1. The molecule has 1 aromatic carbocycles. The molecule has 0 fully saturated rings. The number of anilines is 2. The summed E-state index contributed by atoms with van der Waals surface area (Å²) in [5.74, 6) is -1.65. The predicted octanol–water partition coefficient (Wildman–Crippen LogP) is 1.68. The van der Waals surface area contributed by atoms with Gasteiger partial charge in [0.1, 0.15) is 10.8 Å². The zero-order valence-corrected chi connectivity index (χ0v) is 11.3. The van der Waals surface area contributed by atoms with Gasteiger partial charge in [-0.2, -0.15) is 0 Å². The molecule has 0 saturated heterocycles. The Kier molecular flexibility index (Phi) is 3.94. The number of hydrogen-bond donors (Lipinski definition) is 3. The van der Waals surface area contributed by atoms with E-state index in [1.165, 1.54) is 24.3 Å². The lowest BCUT2D eigenvalue weighted by Gasteiger charge is -2.03. The third-order valence-electron chi connectivity index (χ3n) is 2.41. The van der Waals surface area contributed by atoms with E-state index in [0.717, 1.165) is 11.3 Å². The Balaban J connectivity index is 2.25. The predicted molar refractivity (Wildman–Crippen MR) is 74.5 cm³/mol. The summed E-state index contributed by atoms with van der Waals surface area (Å²) < 4.78 is 12.8. The molecule has 0 aliphatic carbocycles. The van der Waals surface area contributed by atoms with E-state index in [0.29, 0.717) is 5.13 Å². The van der Waals surface area contributed by atoms with E-state index in [9.17, 15) is 14.0 Å². The Morgan fingerprint density at radius 2 is 1.95 bits per heavy atom. The average Bonchev–Trinajstić information content (AvgIpc) is 2.82. The minimum atomic E-state index is -0.739. The zero-order valence-electron chi connectivity index (χ0n) is 10.4. The van der Waals surface area contributed by atoms with Crippen molar-refractivity contribution in [3.05, 3.63) is 41.3 Å². The van der Waals surface area contributed by atoms with Crippen molar-refractivity contribution in [3.8, 4) is 0 Å². The van der Waals surface area contributed by atoms with E-state index >= 15 is 0 Å². The van der Waals surface area contributed by atoms with Gasteiger partial charge >= 0.3 is 0 Å². The van der Waals surface area contributed by atoms with Gasteiger partial charge in [-0.05, 0) is 24.3 Å². The molecule has 104 valence electrons. The molecule has 2 rings (SSSR count). The summed E-state index contributed by atoms with van der Waals surface area (Å²) in [6.07, 6.45) is 0. The van der Waals surface area contributed by atoms with E-state index in [-0.39, 0.29) is 16.3 Å². The number of halogens is 1. The highest BCUT2D eigenvalue weighted by molar-refractivity contribution is 7.20. The fraction of sp³-hybridized carbons (Fsp3) is 0.0833. The minimum absolute atomic E-state index is 0.0187. The van der Waals surface area contributed by atoms with Gasteiger partial charge in [0.15, 0.2) is 10.8 Å². The van der Waals surface area contributed by atoms with Gasteiger partial charge in [-0.3, -0.25) is 9.59 Å². The summed E-state index contributed by atoms with van der Waals surface area (Å²) in [7, 11) is 1.63. The lowest BCUT2D eigenvalue weighted by atomic mass is 10.2. The maximum absolute atomic E-state index is 12.8. The van der Waals surface area contributed by atoms with Crippen LogP contribution in [-0.4, -0.2) is 23.8 Å². The Morgan fingerprint density at radius 1 is 1.30 bits per heavy atom. The van der Waals surface area contributed by atoms with Gasteiger partial charge in [0.25, 0.3) is 11.8 Å². The maximum Gasteiger partial charge on any atom is 0.270 e. The number of hydrogen-bond acceptors (Lipinski definition) is 5. The first-order valence-electron chi connectivity index (χ1n) is 5.56. The molecule has 0 unspecified atom stereocenters. The van der Waals surface area contributed by atoms with Crippen molar-refractivity contribution in [2.45, 2.75) is 0 Å². The van der Waals surface area contributed by atoms with E-state index < -0.39 is 17.6 Å². The molecule has 1 heterocycles. The molecule has 6 nitrogen and oxygen atoms in total. The monoisotopic (exact) mass is 294 g/mol. The van der Waals surface area contributed by atoms with Gasteiger partial charge in [0.2, 0.25) is 0 Å². The molecule has 0 bridgehead atoms. The molecular formula is C12H11FN4O2S. The second-order valence-electron chi connectivity index (χ2n) is 3.77. The molecule has 0 radical (unpaired) electrons. The minimum Gasteiger partial charge on any atom is -0.365 e. The van der Waals surface area contributed by atoms with Crippen LogP contribution in [0, 0.1) is 5.82 Å². The summed E-state index contributed by atoms with van der Waals surface area (Å²) >= 11 is 1.08. The van der Waals surface area contributed by atoms with Crippen LogP contribution in [-0.2, 0) is 0 Å². The molecule has 0 aliphatic heterocycles. The van der Waals surface area contributed by atoms with Crippen molar-refractivity contribution in [3.63, 3.8) is 0 Å². The molecule has 8 heteroatoms. The highest BCUT2D eigenvalue weighted by Crippen LogP contribution is 2.28.